The summed E-state index contributed by atoms with van der Waals surface area (Å²) in [6.07, 6.45) is 1.76. The van der Waals surface area contributed by atoms with Crippen LogP contribution in [0.4, 0.5) is 0 Å². The van der Waals surface area contributed by atoms with E-state index in [2.05, 4.69) is 4.99 Å². The second-order valence-corrected chi connectivity index (χ2v) is 9.89. The fourth-order valence-electron chi connectivity index (χ4n) is 4.57. The Morgan fingerprint density at radius 3 is 2.71 bits per heavy atom. The average molecular weight is 544 g/mol. The van der Waals surface area contributed by atoms with Gasteiger partial charge in [-0.25, -0.2) is 9.79 Å². The molecule has 1 aliphatic heterocycles. The van der Waals surface area contributed by atoms with Gasteiger partial charge in [0.15, 0.2) is 11.4 Å². The van der Waals surface area contributed by atoms with Crippen LogP contribution in [-0.2, 0) is 9.53 Å². The van der Waals surface area contributed by atoms with E-state index in [0.717, 1.165) is 10.8 Å². The number of thiazole rings is 1. The van der Waals surface area contributed by atoms with Gasteiger partial charge >= 0.3 is 5.97 Å². The highest BCUT2D eigenvalue weighted by Crippen LogP contribution is 2.34. The third-order valence-corrected chi connectivity index (χ3v) is 7.54. The number of hydrogen-bond donors (Lipinski definition) is 0. The fraction of sp³-hybridized carbons (Fsp3) is 0.172. The first kappa shape index (κ1) is 25.5. The van der Waals surface area contributed by atoms with Gasteiger partial charge in [0.05, 0.1) is 22.4 Å². The third-order valence-electron chi connectivity index (χ3n) is 6.22. The summed E-state index contributed by atoms with van der Waals surface area (Å²) >= 11 is 7.79. The molecule has 2 heterocycles. The molecule has 0 unspecified atom stereocenters. The molecule has 4 aromatic rings. The first-order valence-electron chi connectivity index (χ1n) is 11.9. The van der Waals surface area contributed by atoms with E-state index in [9.17, 15) is 9.59 Å². The van der Waals surface area contributed by atoms with E-state index in [4.69, 9.17) is 26.3 Å². The molecule has 0 fully saturated rings. The molecule has 1 atom stereocenters. The highest BCUT2D eigenvalue weighted by Gasteiger charge is 2.34. The SMILES string of the molecule is CCOC(=O)C1=C(C)N=c2s/c(=C\c3c(OCC#N)ccc4ccccc34)c(=O)n2[C@H]1c1ccccc1Cl. The Bertz CT molecular complexity index is 1830. The van der Waals surface area contributed by atoms with Crippen molar-refractivity contribution in [3.05, 3.63) is 108 Å². The van der Waals surface area contributed by atoms with Gasteiger partial charge in [0, 0.05) is 10.6 Å². The molecule has 0 bridgehead atoms. The number of benzene rings is 3. The van der Waals surface area contributed by atoms with E-state index in [0.29, 0.717) is 36.9 Å². The number of aromatic nitrogens is 1. The lowest BCUT2D eigenvalue weighted by atomic mass is 9.96. The molecule has 0 aliphatic carbocycles. The number of carbonyl (C=O) groups is 1. The Morgan fingerprint density at radius 1 is 1.18 bits per heavy atom. The summed E-state index contributed by atoms with van der Waals surface area (Å²) in [4.78, 5) is 32.1. The van der Waals surface area contributed by atoms with Crippen LogP contribution in [0.5, 0.6) is 5.75 Å². The van der Waals surface area contributed by atoms with Crippen LogP contribution in [0.1, 0.15) is 31.0 Å². The minimum absolute atomic E-state index is 0.130. The number of ether oxygens (including phenoxy) is 2. The normalized spacial score (nSPS) is 15.1. The molecule has 0 saturated carbocycles. The van der Waals surface area contributed by atoms with E-state index >= 15 is 0 Å². The quantitative estimate of drug-likeness (QED) is 0.334. The summed E-state index contributed by atoms with van der Waals surface area (Å²) in [6.45, 7) is 3.51. The van der Waals surface area contributed by atoms with E-state index in [1.54, 1.807) is 44.2 Å². The van der Waals surface area contributed by atoms with Gasteiger partial charge < -0.3 is 9.47 Å². The van der Waals surface area contributed by atoms with E-state index in [1.165, 1.54) is 15.9 Å². The van der Waals surface area contributed by atoms with Crippen LogP contribution in [0.25, 0.3) is 16.8 Å². The van der Waals surface area contributed by atoms with Crippen LogP contribution in [0, 0.1) is 11.3 Å². The minimum atomic E-state index is -0.803. The molecule has 1 aromatic heterocycles. The number of carbonyl (C=O) groups excluding carboxylic acids is 1. The number of rotatable bonds is 6. The molecule has 0 amide bonds. The topological polar surface area (TPSA) is 93.7 Å². The zero-order chi connectivity index (χ0) is 26.8. The van der Waals surface area contributed by atoms with Gasteiger partial charge in [0.1, 0.15) is 17.9 Å². The number of fused-ring (bicyclic) bond motifs is 2. The van der Waals surface area contributed by atoms with Gasteiger partial charge in [-0.3, -0.25) is 9.36 Å². The molecule has 5 rings (SSSR count). The van der Waals surface area contributed by atoms with Crippen molar-refractivity contribution < 1.29 is 14.3 Å². The number of allylic oxidation sites excluding steroid dienone is 1. The predicted molar refractivity (Wildman–Crippen MR) is 147 cm³/mol. The van der Waals surface area contributed by atoms with Crippen LogP contribution in [0.2, 0.25) is 5.02 Å². The second kappa shape index (κ2) is 10.7. The van der Waals surface area contributed by atoms with Crippen LogP contribution >= 0.6 is 22.9 Å². The maximum atomic E-state index is 14.0. The summed E-state index contributed by atoms with van der Waals surface area (Å²) in [7, 11) is 0. The summed E-state index contributed by atoms with van der Waals surface area (Å²) in [5.41, 5.74) is 1.68. The van der Waals surface area contributed by atoms with E-state index in [-0.39, 0.29) is 24.3 Å². The fourth-order valence-corrected chi connectivity index (χ4v) is 5.84. The predicted octanol–water partition coefficient (Wildman–Crippen LogP) is 4.51. The standard InChI is InChI=1S/C29H22ClN3O4S/c1-3-36-28(35)25-17(2)32-29-33(26(25)20-10-6-7-11-22(20)30)27(34)24(38-29)16-21-19-9-5-4-8-18(19)12-13-23(21)37-15-14-31/h4-13,16,26H,3,15H2,1-2H3/b24-16-/t26-/m0/s1. The Balaban J connectivity index is 1.79. The Labute approximate surface area is 227 Å². The van der Waals surface area contributed by atoms with Crippen molar-refractivity contribution in [2.24, 2.45) is 4.99 Å². The average Bonchev–Trinajstić information content (AvgIpc) is 3.22. The molecular weight excluding hydrogens is 522 g/mol. The Hall–Kier alpha value is -4.19. The van der Waals surface area contributed by atoms with Crippen molar-refractivity contribution >= 4 is 45.8 Å². The molecule has 38 heavy (non-hydrogen) atoms. The maximum Gasteiger partial charge on any atom is 0.338 e. The summed E-state index contributed by atoms with van der Waals surface area (Å²) in [6, 6.07) is 19.7. The molecule has 7 nitrogen and oxygen atoms in total. The number of nitriles is 1. The molecule has 0 saturated heterocycles. The number of esters is 1. The summed E-state index contributed by atoms with van der Waals surface area (Å²) in [5, 5.41) is 11.3. The van der Waals surface area contributed by atoms with Crippen molar-refractivity contribution in [1.82, 2.24) is 4.57 Å². The van der Waals surface area contributed by atoms with Gasteiger partial charge in [-0.2, -0.15) is 5.26 Å². The minimum Gasteiger partial charge on any atom is -0.478 e. The maximum absolute atomic E-state index is 14.0. The highest BCUT2D eigenvalue weighted by molar-refractivity contribution is 7.07. The van der Waals surface area contributed by atoms with Crippen LogP contribution in [0.3, 0.4) is 0 Å². The van der Waals surface area contributed by atoms with Crippen molar-refractivity contribution in [1.29, 1.82) is 5.26 Å². The van der Waals surface area contributed by atoms with Gasteiger partial charge in [0.25, 0.3) is 5.56 Å². The van der Waals surface area contributed by atoms with E-state index in [1.807, 2.05) is 42.5 Å². The van der Waals surface area contributed by atoms with Gasteiger partial charge in [-0.05, 0) is 48.4 Å². The van der Waals surface area contributed by atoms with Gasteiger partial charge in [0.2, 0.25) is 0 Å². The van der Waals surface area contributed by atoms with Crippen molar-refractivity contribution in [3.8, 4) is 11.8 Å². The lowest BCUT2D eigenvalue weighted by Gasteiger charge is -2.25. The van der Waals surface area contributed by atoms with Crippen molar-refractivity contribution in [3.63, 3.8) is 0 Å². The summed E-state index contributed by atoms with van der Waals surface area (Å²) in [5.74, 6) is -0.0590. The lowest BCUT2D eigenvalue weighted by molar-refractivity contribution is -0.139. The third kappa shape index (κ3) is 4.51. The molecule has 3 aromatic carbocycles. The monoisotopic (exact) mass is 543 g/mol. The molecule has 9 heteroatoms. The van der Waals surface area contributed by atoms with Crippen LogP contribution < -0.4 is 19.6 Å². The molecule has 0 spiro atoms. The zero-order valence-electron chi connectivity index (χ0n) is 20.6. The van der Waals surface area contributed by atoms with Crippen molar-refractivity contribution in [2.45, 2.75) is 19.9 Å². The van der Waals surface area contributed by atoms with Gasteiger partial charge in [-0.1, -0.05) is 71.5 Å². The Morgan fingerprint density at radius 2 is 1.95 bits per heavy atom. The van der Waals surface area contributed by atoms with Gasteiger partial charge in [-0.15, -0.1) is 0 Å². The largest absolute Gasteiger partial charge is 0.478 e. The smallest absolute Gasteiger partial charge is 0.338 e. The summed E-state index contributed by atoms with van der Waals surface area (Å²) < 4.78 is 12.9. The van der Waals surface area contributed by atoms with Crippen LogP contribution in [0.15, 0.2) is 81.7 Å². The molecule has 0 radical (unpaired) electrons. The first-order chi connectivity index (χ1) is 18.4. The number of hydrogen-bond acceptors (Lipinski definition) is 7. The molecule has 1 aliphatic rings. The Kier molecular flexibility index (Phi) is 7.14. The van der Waals surface area contributed by atoms with Crippen molar-refractivity contribution in [2.75, 3.05) is 13.2 Å². The second-order valence-electron chi connectivity index (χ2n) is 8.47. The first-order valence-corrected chi connectivity index (χ1v) is 13.1. The lowest BCUT2D eigenvalue weighted by Crippen LogP contribution is -2.40. The highest BCUT2D eigenvalue weighted by atomic mass is 35.5. The molecule has 190 valence electrons. The molecule has 0 N–H and O–H groups in total. The number of halogens is 1. The number of nitrogens with zero attached hydrogens (tertiary/aromatic N) is 3. The molecular formula is C29H22ClN3O4S. The van der Waals surface area contributed by atoms with E-state index < -0.39 is 12.0 Å². The zero-order valence-corrected chi connectivity index (χ0v) is 22.2. The van der Waals surface area contributed by atoms with Crippen LogP contribution in [-0.4, -0.2) is 23.8 Å².